The zero-order valence-corrected chi connectivity index (χ0v) is 14.2. The van der Waals surface area contributed by atoms with Crippen LogP contribution in [0.1, 0.15) is 52.9 Å². The summed E-state index contributed by atoms with van der Waals surface area (Å²) in [5.74, 6) is 0.930. The fourth-order valence-electron chi connectivity index (χ4n) is 1.57. The van der Waals surface area contributed by atoms with E-state index >= 15 is 0 Å². The molecule has 1 unspecified atom stereocenters. The number of unbranched alkanes of at least 4 members (excludes halogenated alkanes) is 1. The SMILES string of the molecule is CCCO[SiH](OCCC)C(CC)OCCCCS. The minimum absolute atomic E-state index is 0.183. The van der Waals surface area contributed by atoms with E-state index < -0.39 is 9.28 Å². The van der Waals surface area contributed by atoms with Crippen molar-refractivity contribution in [2.45, 2.75) is 58.6 Å². The lowest BCUT2D eigenvalue weighted by Gasteiger charge is -2.24. The summed E-state index contributed by atoms with van der Waals surface area (Å²) >= 11 is 4.20. The highest BCUT2D eigenvalue weighted by molar-refractivity contribution is 7.80. The van der Waals surface area contributed by atoms with Crippen LogP contribution in [0.15, 0.2) is 0 Å². The van der Waals surface area contributed by atoms with Crippen molar-refractivity contribution in [3.63, 3.8) is 0 Å². The Morgan fingerprint density at radius 2 is 1.56 bits per heavy atom. The van der Waals surface area contributed by atoms with E-state index in [1.807, 2.05) is 0 Å². The predicted molar refractivity (Wildman–Crippen MR) is 82.8 cm³/mol. The van der Waals surface area contributed by atoms with Crippen molar-refractivity contribution >= 4 is 21.9 Å². The van der Waals surface area contributed by atoms with E-state index in [1.54, 1.807) is 0 Å². The Balaban J connectivity index is 4.03. The topological polar surface area (TPSA) is 27.7 Å². The third-order valence-electron chi connectivity index (χ3n) is 2.56. The molecule has 0 aliphatic carbocycles. The van der Waals surface area contributed by atoms with E-state index in [1.165, 1.54) is 0 Å². The Kier molecular flexibility index (Phi) is 14.2. The first-order chi connectivity index (χ1) is 8.79. The number of hydrogen-bond donors (Lipinski definition) is 1. The van der Waals surface area contributed by atoms with Gasteiger partial charge in [-0.1, -0.05) is 20.8 Å². The van der Waals surface area contributed by atoms with E-state index in [9.17, 15) is 0 Å². The number of hydrogen-bond acceptors (Lipinski definition) is 4. The molecule has 0 saturated heterocycles. The van der Waals surface area contributed by atoms with Gasteiger partial charge in [0.05, 0.1) is 5.73 Å². The average molecular weight is 295 g/mol. The van der Waals surface area contributed by atoms with E-state index in [0.29, 0.717) is 0 Å². The maximum atomic E-state index is 5.93. The van der Waals surface area contributed by atoms with Crippen LogP contribution in [0.3, 0.4) is 0 Å². The molecule has 18 heavy (non-hydrogen) atoms. The van der Waals surface area contributed by atoms with Gasteiger partial charge in [0.1, 0.15) is 0 Å². The minimum atomic E-state index is -1.68. The first-order valence-electron chi connectivity index (χ1n) is 7.25. The van der Waals surface area contributed by atoms with Gasteiger partial charge in [0.25, 0.3) is 0 Å². The molecule has 0 fully saturated rings. The molecular weight excluding hydrogens is 264 g/mol. The first kappa shape index (κ1) is 18.4. The first-order valence-corrected chi connectivity index (χ1v) is 9.49. The van der Waals surface area contributed by atoms with E-state index in [4.69, 9.17) is 13.6 Å². The Hall–Kier alpha value is 0.447. The van der Waals surface area contributed by atoms with E-state index in [-0.39, 0.29) is 5.73 Å². The van der Waals surface area contributed by atoms with Crippen LogP contribution in [0.2, 0.25) is 0 Å². The molecule has 3 nitrogen and oxygen atoms in total. The molecule has 0 rings (SSSR count). The van der Waals surface area contributed by atoms with E-state index in [0.717, 1.165) is 57.7 Å². The van der Waals surface area contributed by atoms with Crippen LogP contribution < -0.4 is 0 Å². The second kappa shape index (κ2) is 13.9. The molecule has 0 spiro atoms. The van der Waals surface area contributed by atoms with Crippen LogP contribution in [0.5, 0.6) is 0 Å². The Labute approximate surface area is 120 Å². The number of thiol groups is 1. The molecule has 5 heteroatoms. The van der Waals surface area contributed by atoms with Gasteiger partial charge in [0, 0.05) is 19.8 Å². The number of rotatable bonds is 13. The molecule has 0 aromatic rings. The minimum Gasteiger partial charge on any atom is -0.395 e. The molecule has 0 radical (unpaired) electrons. The molecule has 0 N–H and O–H groups in total. The van der Waals surface area contributed by atoms with Crippen molar-refractivity contribution in [1.29, 1.82) is 0 Å². The second-order valence-electron chi connectivity index (χ2n) is 4.36. The van der Waals surface area contributed by atoms with E-state index in [2.05, 4.69) is 33.4 Å². The van der Waals surface area contributed by atoms with Crippen molar-refractivity contribution < 1.29 is 13.6 Å². The summed E-state index contributed by atoms with van der Waals surface area (Å²) in [6.45, 7) is 8.77. The third-order valence-corrected chi connectivity index (χ3v) is 5.28. The standard InChI is InChI=1S/C13H30O3SSi/c1-4-9-15-18(16-10-5-2)13(6-3)14-11-7-8-12-17/h13,17-18H,4-12H2,1-3H3. The quantitative estimate of drug-likeness (QED) is 0.321. The lowest BCUT2D eigenvalue weighted by molar-refractivity contribution is 0.0547. The molecule has 1 atom stereocenters. The molecule has 0 bridgehead atoms. The van der Waals surface area contributed by atoms with Gasteiger partial charge < -0.3 is 13.6 Å². The van der Waals surface area contributed by atoms with Crippen molar-refractivity contribution in [2.24, 2.45) is 0 Å². The lowest BCUT2D eigenvalue weighted by atomic mass is 10.3. The van der Waals surface area contributed by atoms with Crippen LogP contribution in [-0.2, 0) is 13.6 Å². The van der Waals surface area contributed by atoms with Crippen LogP contribution in [0, 0.1) is 0 Å². The fourth-order valence-corrected chi connectivity index (χ4v) is 3.93. The number of ether oxygens (including phenoxy) is 1. The third kappa shape index (κ3) is 9.39. The Bertz CT molecular complexity index is 164. The summed E-state index contributed by atoms with van der Waals surface area (Å²) in [5, 5.41) is 0. The normalized spacial score (nSPS) is 13.2. The maximum Gasteiger partial charge on any atom is 0.351 e. The van der Waals surface area contributed by atoms with Crippen LogP contribution >= 0.6 is 12.6 Å². The van der Waals surface area contributed by atoms with Crippen molar-refractivity contribution in [3.8, 4) is 0 Å². The maximum absolute atomic E-state index is 5.93. The van der Waals surface area contributed by atoms with Gasteiger partial charge in [-0.2, -0.15) is 12.6 Å². The molecular formula is C13H30O3SSi. The molecule has 110 valence electrons. The Morgan fingerprint density at radius 3 is 2.00 bits per heavy atom. The van der Waals surface area contributed by atoms with Gasteiger partial charge in [0.2, 0.25) is 0 Å². The second-order valence-corrected chi connectivity index (χ2v) is 6.95. The molecule has 0 saturated carbocycles. The summed E-state index contributed by atoms with van der Waals surface area (Å²) in [4.78, 5) is 0. The highest BCUT2D eigenvalue weighted by Gasteiger charge is 2.25. The zero-order chi connectivity index (χ0) is 13.6. The highest BCUT2D eigenvalue weighted by atomic mass is 32.1. The summed E-state index contributed by atoms with van der Waals surface area (Å²) in [6, 6.07) is 0. The lowest BCUT2D eigenvalue weighted by Crippen LogP contribution is -2.39. The van der Waals surface area contributed by atoms with Gasteiger partial charge in [-0.15, -0.1) is 0 Å². The summed E-state index contributed by atoms with van der Waals surface area (Å²) in [6.07, 6.45) is 5.23. The van der Waals surface area contributed by atoms with Crippen molar-refractivity contribution in [1.82, 2.24) is 0 Å². The molecule has 0 heterocycles. The van der Waals surface area contributed by atoms with Gasteiger partial charge in [0.15, 0.2) is 0 Å². The summed E-state index contributed by atoms with van der Waals surface area (Å²) in [7, 11) is -1.68. The Morgan fingerprint density at radius 1 is 0.944 bits per heavy atom. The van der Waals surface area contributed by atoms with Gasteiger partial charge >= 0.3 is 9.28 Å². The van der Waals surface area contributed by atoms with Crippen molar-refractivity contribution in [2.75, 3.05) is 25.6 Å². The van der Waals surface area contributed by atoms with Crippen LogP contribution in [-0.4, -0.2) is 40.6 Å². The molecule has 0 aromatic heterocycles. The van der Waals surface area contributed by atoms with Gasteiger partial charge in [-0.25, -0.2) is 0 Å². The van der Waals surface area contributed by atoms with Crippen LogP contribution in [0.4, 0.5) is 0 Å². The highest BCUT2D eigenvalue weighted by Crippen LogP contribution is 2.09. The molecule has 0 aliphatic heterocycles. The zero-order valence-electron chi connectivity index (χ0n) is 12.2. The largest absolute Gasteiger partial charge is 0.395 e. The predicted octanol–water partition coefficient (Wildman–Crippen LogP) is 3.10. The molecule has 0 amide bonds. The average Bonchev–Trinajstić information content (AvgIpc) is 2.40. The molecule has 0 aromatic carbocycles. The van der Waals surface area contributed by atoms with Crippen molar-refractivity contribution in [3.05, 3.63) is 0 Å². The smallest absolute Gasteiger partial charge is 0.351 e. The summed E-state index contributed by atoms with van der Waals surface area (Å²) in [5.41, 5.74) is 0.183. The monoisotopic (exact) mass is 294 g/mol. The van der Waals surface area contributed by atoms with Gasteiger partial charge in [-0.3, -0.25) is 0 Å². The van der Waals surface area contributed by atoms with Gasteiger partial charge in [-0.05, 0) is 37.9 Å². The molecule has 0 aliphatic rings. The van der Waals surface area contributed by atoms with Crippen LogP contribution in [0.25, 0.3) is 0 Å². The summed E-state index contributed by atoms with van der Waals surface area (Å²) < 4.78 is 17.7. The fraction of sp³-hybridized carbons (Fsp3) is 1.00.